The lowest BCUT2D eigenvalue weighted by Crippen LogP contribution is -2.56. The zero-order valence-electron chi connectivity index (χ0n) is 20.2. The van der Waals surface area contributed by atoms with E-state index in [1.54, 1.807) is 29.7 Å². The Labute approximate surface area is 210 Å². The molecular weight excluding hydrogens is 462 g/mol. The monoisotopic (exact) mass is 495 g/mol. The molecule has 2 amide bonds. The number of amides is 2. The summed E-state index contributed by atoms with van der Waals surface area (Å²) in [5.41, 5.74) is 3.11. The summed E-state index contributed by atoms with van der Waals surface area (Å²) < 4.78 is 0. The van der Waals surface area contributed by atoms with Crippen molar-refractivity contribution >= 4 is 23.6 Å². The number of aromatic nitrogens is 2. The fourth-order valence-electron chi connectivity index (χ4n) is 5.47. The minimum atomic E-state index is -0.583. The average Bonchev–Trinajstić information content (AvgIpc) is 2.88. The van der Waals surface area contributed by atoms with Gasteiger partial charge in [0.1, 0.15) is 17.0 Å². The number of hydrogen-bond donors (Lipinski definition) is 1. The Morgan fingerprint density at radius 2 is 1.74 bits per heavy atom. The number of benzene rings is 1. The summed E-state index contributed by atoms with van der Waals surface area (Å²) in [6.07, 6.45) is 4.44. The molecule has 0 saturated carbocycles. The second-order valence-corrected chi connectivity index (χ2v) is 11.0. The van der Waals surface area contributed by atoms with Gasteiger partial charge in [-0.2, -0.15) is 0 Å². The predicted octanol–water partition coefficient (Wildman–Crippen LogP) is 2.21. The van der Waals surface area contributed by atoms with Gasteiger partial charge in [0, 0.05) is 63.6 Å². The van der Waals surface area contributed by atoms with Gasteiger partial charge in [-0.15, -0.1) is 11.8 Å². The maximum absolute atomic E-state index is 13.2. The molecule has 0 aliphatic carbocycles. The predicted molar refractivity (Wildman–Crippen MR) is 134 cm³/mol. The van der Waals surface area contributed by atoms with Gasteiger partial charge in [0.05, 0.1) is 6.10 Å². The van der Waals surface area contributed by atoms with Crippen LogP contribution < -0.4 is 0 Å². The first-order valence-electron chi connectivity index (χ1n) is 12.5. The summed E-state index contributed by atoms with van der Waals surface area (Å²) >= 11 is 1.65. The number of piperidine rings is 2. The normalized spacial score (nSPS) is 23.7. The molecule has 8 nitrogen and oxygen atoms in total. The van der Waals surface area contributed by atoms with Crippen LogP contribution in [0.1, 0.15) is 47.8 Å². The highest BCUT2D eigenvalue weighted by molar-refractivity contribution is 7.99. The van der Waals surface area contributed by atoms with Gasteiger partial charge in [-0.3, -0.25) is 14.5 Å². The molecule has 0 unspecified atom stereocenters. The highest BCUT2D eigenvalue weighted by Crippen LogP contribution is 2.30. The lowest BCUT2D eigenvalue weighted by molar-refractivity contribution is -0.129. The van der Waals surface area contributed by atoms with Crippen molar-refractivity contribution in [2.24, 2.45) is 0 Å². The third-order valence-electron chi connectivity index (χ3n) is 7.50. The number of likely N-dealkylation sites (tertiary alicyclic amines) is 2. The molecular formula is C26H33N5O3S. The molecule has 1 aromatic heterocycles. The second-order valence-electron chi connectivity index (χ2n) is 9.73. The number of nitrogens with zero attached hydrogens (tertiary/aromatic N) is 5. The Morgan fingerprint density at radius 3 is 2.49 bits per heavy atom. The number of carbonyl (C=O) groups is 2. The number of aliphatic hydroxyl groups is 1. The second kappa shape index (κ2) is 10.6. The summed E-state index contributed by atoms with van der Waals surface area (Å²) in [4.78, 5) is 39.3. The molecule has 5 rings (SSSR count). The molecule has 9 heteroatoms. The number of fused-ring (bicyclic) bond motifs is 1. The number of aliphatic hydroxyl groups excluding tert-OH is 1. The summed E-state index contributed by atoms with van der Waals surface area (Å²) in [6.45, 7) is 5.85. The molecule has 2 atom stereocenters. The van der Waals surface area contributed by atoms with Gasteiger partial charge in [0.25, 0.3) is 5.91 Å². The molecule has 2 fully saturated rings. The van der Waals surface area contributed by atoms with Crippen LogP contribution in [0.25, 0.3) is 0 Å². The number of β-amino-alcohol motifs (C(OH)–C–C–N with tert-alkyl or cyclic N) is 1. The summed E-state index contributed by atoms with van der Waals surface area (Å²) in [5, 5.41) is 12.1. The molecule has 3 aliphatic rings. The van der Waals surface area contributed by atoms with Crippen LogP contribution in [-0.4, -0.2) is 91.7 Å². The molecule has 1 N–H and O–H groups in total. The van der Waals surface area contributed by atoms with Crippen LogP contribution in [-0.2, 0) is 17.8 Å². The molecule has 2 saturated heterocycles. The molecule has 186 valence electrons. The van der Waals surface area contributed by atoms with Gasteiger partial charge in [0.15, 0.2) is 0 Å². The smallest absolute Gasteiger partial charge is 0.272 e. The van der Waals surface area contributed by atoms with E-state index in [9.17, 15) is 14.7 Å². The highest BCUT2D eigenvalue weighted by atomic mass is 32.2. The average molecular weight is 496 g/mol. The van der Waals surface area contributed by atoms with Crippen LogP contribution in [0.4, 0.5) is 0 Å². The van der Waals surface area contributed by atoms with Crippen molar-refractivity contribution in [1.82, 2.24) is 24.7 Å². The molecule has 0 radical (unpaired) electrons. The quantitative estimate of drug-likeness (QED) is 0.651. The Hall–Kier alpha value is -2.49. The first-order valence-corrected chi connectivity index (χ1v) is 13.4. The van der Waals surface area contributed by atoms with Gasteiger partial charge in [0.2, 0.25) is 5.91 Å². The van der Waals surface area contributed by atoms with Gasteiger partial charge in [-0.25, -0.2) is 9.97 Å². The number of hydrogen-bond acceptors (Lipinski definition) is 7. The van der Waals surface area contributed by atoms with E-state index in [1.165, 1.54) is 17.5 Å². The van der Waals surface area contributed by atoms with Gasteiger partial charge in [-0.05, 0) is 36.8 Å². The van der Waals surface area contributed by atoms with Crippen molar-refractivity contribution < 1.29 is 14.7 Å². The number of thioether (sulfide) groups is 1. The Balaban J connectivity index is 1.17. The minimum Gasteiger partial charge on any atom is -0.390 e. The van der Waals surface area contributed by atoms with E-state index >= 15 is 0 Å². The zero-order valence-corrected chi connectivity index (χ0v) is 21.0. The summed E-state index contributed by atoms with van der Waals surface area (Å²) in [5.74, 6) is -0.0263. The van der Waals surface area contributed by atoms with Crippen LogP contribution >= 0.6 is 11.8 Å². The van der Waals surface area contributed by atoms with Gasteiger partial charge >= 0.3 is 0 Å². The van der Waals surface area contributed by atoms with E-state index in [4.69, 9.17) is 0 Å². The summed E-state index contributed by atoms with van der Waals surface area (Å²) in [6, 6.07) is 10.3. The van der Waals surface area contributed by atoms with E-state index in [-0.39, 0.29) is 17.9 Å². The molecule has 1 aromatic carbocycles. The van der Waals surface area contributed by atoms with Crippen LogP contribution in [0.2, 0.25) is 0 Å². The van der Waals surface area contributed by atoms with Gasteiger partial charge in [-0.1, -0.05) is 24.3 Å². The van der Waals surface area contributed by atoms with Crippen LogP contribution in [0, 0.1) is 0 Å². The zero-order chi connectivity index (χ0) is 24.4. The third-order valence-corrected chi connectivity index (χ3v) is 8.77. The molecule has 35 heavy (non-hydrogen) atoms. The Kier molecular flexibility index (Phi) is 7.36. The van der Waals surface area contributed by atoms with Crippen molar-refractivity contribution in [1.29, 1.82) is 0 Å². The molecule has 2 aromatic rings. The lowest BCUT2D eigenvalue weighted by atomic mass is 9.94. The van der Waals surface area contributed by atoms with E-state index in [0.717, 1.165) is 56.9 Å². The van der Waals surface area contributed by atoms with Crippen LogP contribution in [0.15, 0.2) is 41.7 Å². The standard InChI is InChI=1S/C26H33N5O3S/c1-18(32)29-11-7-21(8-12-29)35-25-14-22(27-17-28-25)26(34)31-13-9-23(24(33)16-31)30-10-6-19-4-2-3-5-20(19)15-30/h2-5,14,17,21,23-24,33H,6-13,15-16H2,1H3/t23-,24-/m1/s1. The van der Waals surface area contributed by atoms with E-state index in [0.29, 0.717) is 24.0 Å². The first-order chi connectivity index (χ1) is 17.0. The van der Waals surface area contributed by atoms with E-state index in [2.05, 4.69) is 39.1 Å². The summed E-state index contributed by atoms with van der Waals surface area (Å²) in [7, 11) is 0. The topological polar surface area (TPSA) is 89.9 Å². The van der Waals surface area contributed by atoms with Crippen LogP contribution in [0.5, 0.6) is 0 Å². The Bertz CT molecular complexity index is 1070. The van der Waals surface area contributed by atoms with E-state index < -0.39 is 6.10 Å². The maximum atomic E-state index is 13.2. The molecule has 3 aliphatic heterocycles. The maximum Gasteiger partial charge on any atom is 0.272 e. The molecule has 0 bridgehead atoms. The van der Waals surface area contributed by atoms with Crippen LogP contribution in [0.3, 0.4) is 0 Å². The van der Waals surface area contributed by atoms with Crippen molar-refractivity contribution in [2.45, 2.75) is 61.6 Å². The fraction of sp³-hybridized carbons (Fsp3) is 0.538. The SMILES string of the molecule is CC(=O)N1CCC(Sc2cc(C(=O)N3CC[C@@H](N4CCc5ccccc5C4)[C@H](O)C3)ncn2)CC1. The highest BCUT2D eigenvalue weighted by Gasteiger charge is 2.35. The van der Waals surface area contributed by atoms with Crippen molar-refractivity contribution in [3.05, 3.63) is 53.5 Å². The minimum absolute atomic E-state index is 0.0600. The molecule has 4 heterocycles. The lowest BCUT2D eigenvalue weighted by Gasteiger charge is -2.43. The van der Waals surface area contributed by atoms with Crippen molar-refractivity contribution in [2.75, 3.05) is 32.7 Å². The third kappa shape index (κ3) is 5.52. The van der Waals surface area contributed by atoms with E-state index in [1.807, 2.05) is 4.90 Å². The first kappa shape index (κ1) is 24.2. The largest absolute Gasteiger partial charge is 0.390 e. The van der Waals surface area contributed by atoms with Crippen molar-refractivity contribution in [3.63, 3.8) is 0 Å². The number of rotatable bonds is 4. The number of carbonyl (C=O) groups excluding carboxylic acids is 2. The molecule has 0 spiro atoms. The van der Waals surface area contributed by atoms with Gasteiger partial charge < -0.3 is 14.9 Å². The Morgan fingerprint density at radius 1 is 1.00 bits per heavy atom. The van der Waals surface area contributed by atoms with Crippen molar-refractivity contribution in [3.8, 4) is 0 Å². The fourth-order valence-corrected chi connectivity index (χ4v) is 6.55.